The minimum absolute atomic E-state index is 0.0594. The maximum Gasteiger partial charge on any atom is 0.335 e. The summed E-state index contributed by atoms with van der Waals surface area (Å²) >= 11 is 5.88. The van der Waals surface area contributed by atoms with Gasteiger partial charge in [-0.3, -0.25) is 9.59 Å². The van der Waals surface area contributed by atoms with E-state index in [9.17, 15) is 19.5 Å². The lowest BCUT2D eigenvalue weighted by atomic mass is 9.97. The number of halogens is 1. The summed E-state index contributed by atoms with van der Waals surface area (Å²) in [7, 11) is 0. The molecule has 0 saturated carbocycles. The molecule has 1 heterocycles. The summed E-state index contributed by atoms with van der Waals surface area (Å²) in [6.45, 7) is 3.22. The highest BCUT2D eigenvalue weighted by Gasteiger charge is 2.28. The second-order valence-corrected chi connectivity index (χ2v) is 7.47. The van der Waals surface area contributed by atoms with Crippen molar-refractivity contribution in [2.75, 3.05) is 29.9 Å². The van der Waals surface area contributed by atoms with Gasteiger partial charge in [-0.25, -0.2) is 4.79 Å². The molecule has 2 aromatic rings. The van der Waals surface area contributed by atoms with Crippen molar-refractivity contribution in [1.29, 1.82) is 0 Å². The SMILES string of the molecule is CCOC(=O)[C@H]1CCCN(c2ccc(C(=O)O)cc2NC(=O)c2ccc(Cl)cc2)C1. The molecule has 0 radical (unpaired) electrons. The molecule has 1 saturated heterocycles. The van der Waals surface area contributed by atoms with Crippen molar-refractivity contribution in [3.63, 3.8) is 0 Å². The molecule has 158 valence electrons. The fourth-order valence-corrected chi connectivity index (χ4v) is 3.62. The molecule has 2 N–H and O–H groups in total. The Morgan fingerprint density at radius 3 is 2.53 bits per heavy atom. The highest BCUT2D eigenvalue weighted by Crippen LogP contribution is 2.32. The van der Waals surface area contributed by atoms with E-state index >= 15 is 0 Å². The number of esters is 1. The van der Waals surface area contributed by atoms with Crippen molar-refractivity contribution < 1.29 is 24.2 Å². The number of nitrogens with zero attached hydrogens (tertiary/aromatic N) is 1. The Balaban J connectivity index is 1.88. The zero-order valence-corrected chi connectivity index (χ0v) is 17.3. The van der Waals surface area contributed by atoms with E-state index in [0.29, 0.717) is 41.7 Å². The second kappa shape index (κ2) is 9.63. The Labute approximate surface area is 179 Å². The fourth-order valence-electron chi connectivity index (χ4n) is 3.49. The van der Waals surface area contributed by atoms with Crippen LogP contribution in [0.4, 0.5) is 11.4 Å². The Morgan fingerprint density at radius 1 is 1.17 bits per heavy atom. The summed E-state index contributed by atoms with van der Waals surface area (Å²) in [5.74, 6) is -1.98. The van der Waals surface area contributed by atoms with Crippen molar-refractivity contribution in [2.24, 2.45) is 5.92 Å². The molecule has 0 bridgehead atoms. The molecular weight excluding hydrogens is 408 g/mol. The summed E-state index contributed by atoms with van der Waals surface area (Å²) in [6, 6.07) is 11.0. The van der Waals surface area contributed by atoms with Gasteiger partial charge in [-0.05, 0) is 62.2 Å². The molecule has 1 amide bonds. The fraction of sp³-hybridized carbons (Fsp3) is 0.318. The van der Waals surface area contributed by atoms with E-state index in [1.165, 1.54) is 12.1 Å². The van der Waals surface area contributed by atoms with Crippen LogP contribution in [0.1, 0.15) is 40.5 Å². The number of carboxylic acid groups (broad SMARTS) is 1. The Morgan fingerprint density at radius 2 is 1.87 bits per heavy atom. The van der Waals surface area contributed by atoms with Crippen LogP contribution in [-0.4, -0.2) is 42.6 Å². The van der Waals surface area contributed by atoms with Crippen molar-refractivity contribution in [1.82, 2.24) is 0 Å². The maximum atomic E-state index is 12.7. The van der Waals surface area contributed by atoms with Gasteiger partial charge in [0.2, 0.25) is 0 Å². The number of rotatable bonds is 6. The van der Waals surface area contributed by atoms with Gasteiger partial charge in [0.05, 0.1) is 29.5 Å². The predicted molar refractivity (Wildman–Crippen MR) is 114 cm³/mol. The third-order valence-corrected chi connectivity index (χ3v) is 5.23. The molecule has 0 aromatic heterocycles. The van der Waals surface area contributed by atoms with Crippen LogP contribution in [0.15, 0.2) is 42.5 Å². The van der Waals surface area contributed by atoms with E-state index < -0.39 is 5.97 Å². The molecule has 1 aliphatic rings. The molecule has 1 atom stereocenters. The molecule has 1 aliphatic heterocycles. The van der Waals surface area contributed by atoms with E-state index in [4.69, 9.17) is 16.3 Å². The minimum Gasteiger partial charge on any atom is -0.478 e. The Bertz CT molecular complexity index is 945. The van der Waals surface area contributed by atoms with Crippen molar-refractivity contribution in [3.05, 3.63) is 58.6 Å². The average Bonchev–Trinajstić information content (AvgIpc) is 2.74. The largest absolute Gasteiger partial charge is 0.478 e. The second-order valence-electron chi connectivity index (χ2n) is 7.04. The van der Waals surface area contributed by atoms with Crippen LogP contribution in [0.3, 0.4) is 0 Å². The van der Waals surface area contributed by atoms with Gasteiger partial charge in [-0.15, -0.1) is 0 Å². The average molecular weight is 431 g/mol. The van der Waals surface area contributed by atoms with E-state index in [1.807, 2.05) is 4.90 Å². The Kier molecular flexibility index (Phi) is 6.95. The quantitative estimate of drug-likeness (QED) is 0.670. The van der Waals surface area contributed by atoms with Crippen LogP contribution >= 0.6 is 11.6 Å². The first-order valence-electron chi connectivity index (χ1n) is 9.75. The van der Waals surface area contributed by atoms with Gasteiger partial charge >= 0.3 is 11.9 Å². The normalized spacial score (nSPS) is 16.1. The number of nitrogens with one attached hydrogen (secondary N) is 1. The van der Waals surface area contributed by atoms with E-state index in [-0.39, 0.29) is 23.4 Å². The molecule has 2 aromatic carbocycles. The summed E-state index contributed by atoms with van der Waals surface area (Å²) in [5.41, 5.74) is 1.49. The molecule has 0 spiro atoms. The lowest BCUT2D eigenvalue weighted by molar-refractivity contribution is -0.148. The standard InChI is InChI=1S/C22H23ClN2O5/c1-2-30-22(29)16-4-3-11-25(13-16)19-10-7-15(21(27)28)12-18(19)24-20(26)14-5-8-17(23)9-6-14/h5-10,12,16H,2-4,11,13H2,1H3,(H,24,26)(H,27,28)/t16-/m0/s1. The monoisotopic (exact) mass is 430 g/mol. The summed E-state index contributed by atoms with van der Waals surface area (Å²) in [4.78, 5) is 38.3. The van der Waals surface area contributed by atoms with Crippen LogP contribution in [0, 0.1) is 5.92 Å². The molecule has 0 unspecified atom stereocenters. The van der Waals surface area contributed by atoms with Crippen molar-refractivity contribution in [3.8, 4) is 0 Å². The number of carbonyl (C=O) groups is 3. The third-order valence-electron chi connectivity index (χ3n) is 4.98. The molecule has 7 nitrogen and oxygen atoms in total. The summed E-state index contributed by atoms with van der Waals surface area (Å²) in [6.07, 6.45) is 1.52. The topological polar surface area (TPSA) is 95.9 Å². The number of carboxylic acids is 1. The highest BCUT2D eigenvalue weighted by molar-refractivity contribution is 6.30. The zero-order chi connectivity index (χ0) is 21.7. The first-order chi connectivity index (χ1) is 14.4. The maximum absolute atomic E-state index is 12.7. The number of aromatic carboxylic acids is 1. The van der Waals surface area contributed by atoms with E-state index in [2.05, 4.69) is 5.32 Å². The van der Waals surface area contributed by atoms with Gasteiger partial charge in [0, 0.05) is 23.7 Å². The van der Waals surface area contributed by atoms with Crippen LogP contribution in [0.5, 0.6) is 0 Å². The van der Waals surface area contributed by atoms with Crippen LogP contribution in [0.25, 0.3) is 0 Å². The number of benzene rings is 2. The minimum atomic E-state index is -1.09. The van der Waals surface area contributed by atoms with E-state index in [0.717, 1.165) is 12.8 Å². The van der Waals surface area contributed by atoms with Gasteiger partial charge < -0.3 is 20.1 Å². The molecular formula is C22H23ClN2O5. The number of anilines is 2. The smallest absolute Gasteiger partial charge is 0.335 e. The number of hydrogen-bond acceptors (Lipinski definition) is 5. The van der Waals surface area contributed by atoms with Gasteiger partial charge in [-0.1, -0.05) is 11.6 Å². The van der Waals surface area contributed by atoms with Gasteiger partial charge in [0.15, 0.2) is 0 Å². The molecule has 1 fully saturated rings. The number of ether oxygens (including phenoxy) is 1. The van der Waals surface area contributed by atoms with E-state index in [1.54, 1.807) is 37.3 Å². The number of piperidine rings is 1. The first kappa shape index (κ1) is 21.6. The molecule has 30 heavy (non-hydrogen) atoms. The number of hydrogen-bond donors (Lipinski definition) is 2. The van der Waals surface area contributed by atoms with Gasteiger partial charge in [0.1, 0.15) is 0 Å². The number of carbonyl (C=O) groups excluding carboxylic acids is 2. The van der Waals surface area contributed by atoms with Crippen molar-refractivity contribution in [2.45, 2.75) is 19.8 Å². The first-order valence-corrected chi connectivity index (χ1v) is 10.1. The predicted octanol–water partition coefficient (Wildman–Crippen LogP) is 4.07. The van der Waals surface area contributed by atoms with Gasteiger partial charge in [0.25, 0.3) is 5.91 Å². The molecule has 0 aliphatic carbocycles. The zero-order valence-electron chi connectivity index (χ0n) is 16.6. The lowest BCUT2D eigenvalue weighted by Crippen LogP contribution is -2.39. The summed E-state index contributed by atoms with van der Waals surface area (Å²) < 4.78 is 5.15. The summed E-state index contributed by atoms with van der Waals surface area (Å²) in [5, 5.41) is 12.7. The van der Waals surface area contributed by atoms with Crippen LogP contribution in [0.2, 0.25) is 5.02 Å². The van der Waals surface area contributed by atoms with Crippen molar-refractivity contribution >= 4 is 40.8 Å². The molecule has 3 rings (SSSR count). The number of amides is 1. The van der Waals surface area contributed by atoms with Crippen LogP contribution < -0.4 is 10.2 Å². The molecule has 8 heteroatoms. The van der Waals surface area contributed by atoms with Crippen LogP contribution in [-0.2, 0) is 9.53 Å². The Hall–Kier alpha value is -3.06. The lowest BCUT2D eigenvalue weighted by Gasteiger charge is -2.34. The highest BCUT2D eigenvalue weighted by atomic mass is 35.5. The van der Waals surface area contributed by atoms with Gasteiger partial charge in [-0.2, -0.15) is 0 Å². The third kappa shape index (κ3) is 5.10.